The topological polar surface area (TPSA) is 48.0 Å². The second-order valence-corrected chi connectivity index (χ2v) is 8.59. The Bertz CT molecular complexity index is 986. The Morgan fingerprint density at radius 1 is 1.23 bits per heavy atom. The summed E-state index contributed by atoms with van der Waals surface area (Å²) < 4.78 is 17.8. The third-order valence-electron chi connectivity index (χ3n) is 6.70. The van der Waals surface area contributed by atoms with Crippen LogP contribution >= 0.6 is 0 Å². The van der Waals surface area contributed by atoms with E-state index in [-0.39, 0.29) is 23.4 Å². The lowest BCUT2D eigenvalue weighted by molar-refractivity contribution is 0.0401. The maximum Gasteiger partial charge on any atom is 0.338 e. The summed E-state index contributed by atoms with van der Waals surface area (Å²) >= 11 is 0. The zero-order chi connectivity index (χ0) is 20.7. The number of hydrogen-bond acceptors (Lipinski definition) is 5. The molecule has 2 heterocycles. The van der Waals surface area contributed by atoms with Crippen molar-refractivity contribution in [1.82, 2.24) is 4.90 Å². The molecular formula is C25H27NO4. The summed E-state index contributed by atoms with van der Waals surface area (Å²) in [6.07, 6.45) is 6.39. The van der Waals surface area contributed by atoms with Crippen LogP contribution in [0.4, 0.5) is 0 Å². The van der Waals surface area contributed by atoms with Crippen molar-refractivity contribution in [2.75, 3.05) is 27.3 Å². The Labute approximate surface area is 177 Å². The van der Waals surface area contributed by atoms with E-state index in [2.05, 4.69) is 30.2 Å². The zero-order valence-corrected chi connectivity index (χ0v) is 17.5. The molecule has 0 bridgehead atoms. The van der Waals surface area contributed by atoms with Crippen LogP contribution in [0, 0.1) is 5.92 Å². The van der Waals surface area contributed by atoms with E-state index in [0.717, 1.165) is 37.4 Å². The van der Waals surface area contributed by atoms with Gasteiger partial charge in [-0.05, 0) is 50.2 Å². The average molecular weight is 405 g/mol. The summed E-state index contributed by atoms with van der Waals surface area (Å²) in [6.45, 7) is 2.28. The smallest absolute Gasteiger partial charge is 0.338 e. The van der Waals surface area contributed by atoms with E-state index >= 15 is 0 Å². The van der Waals surface area contributed by atoms with Crippen molar-refractivity contribution >= 4 is 5.97 Å². The molecule has 0 N–H and O–H groups in total. The molecule has 1 spiro atoms. The molecule has 2 aliphatic heterocycles. The van der Waals surface area contributed by atoms with Crippen molar-refractivity contribution < 1.29 is 19.0 Å². The lowest BCUT2D eigenvalue weighted by atomic mass is 9.67. The minimum atomic E-state index is -0.278. The number of esters is 1. The number of nitrogens with zero attached hydrogens (tertiary/aromatic N) is 1. The Morgan fingerprint density at radius 2 is 2.07 bits per heavy atom. The van der Waals surface area contributed by atoms with Crippen molar-refractivity contribution in [3.63, 3.8) is 0 Å². The minimum absolute atomic E-state index is 0.0273. The van der Waals surface area contributed by atoms with Gasteiger partial charge in [-0.3, -0.25) is 0 Å². The minimum Gasteiger partial charge on any atom is -0.493 e. The van der Waals surface area contributed by atoms with Crippen LogP contribution in [0.2, 0.25) is 0 Å². The molecule has 1 unspecified atom stereocenters. The van der Waals surface area contributed by atoms with E-state index in [1.54, 1.807) is 19.2 Å². The number of rotatable bonds is 4. The lowest BCUT2D eigenvalue weighted by Gasteiger charge is -2.37. The zero-order valence-electron chi connectivity index (χ0n) is 17.5. The average Bonchev–Trinajstić information content (AvgIpc) is 3.04. The molecule has 0 saturated heterocycles. The first-order valence-electron chi connectivity index (χ1n) is 10.6. The summed E-state index contributed by atoms with van der Waals surface area (Å²) in [4.78, 5) is 14.7. The molecule has 0 amide bonds. The maximum absolute atomic E-state index is 12.3. The summed E-state index contributed by atoms with van der Waals surface area (Å²) in [5.41, 5.74) is 3.04. The van der Waals surface area contributed by atoms with Crippen LogP contribution in [0.3, 0.4) is 0 Å². The highest BCUT2D eigenvalue weighted by Crippen LogP contribution is 2.56. The normalized spacial score (nSPS) is 26.9. The molecule has 2 aromatic rings. The van der Waals surface area contributed by atoms with Gasteiger partial charge in [0.1, 0.15) is 6.10 Å². The van der Waals surface area contributed by atoms with Crippen molar-refractivity contribution in [1.29, 1.82) is 0 Å². The van der Waals surface area contributed by atoms with Gasteiger partial charge in [-0.25, -0.2) is 4.79 Å². The van der Waals surface area contributed by atoms with Gasteiger partial charge in [0.15, 0.2) is 11.5 Å². The van der Waals surface area contributed by atoms with Gasteiger partial charge in [-0.15, -0.1) is 0 Å². The van der Waals surface area contributed by atoms with Crippen LogP contribution in [-0.4, -0.2) is 44.3 Å². The molecular weight excluding hydrogens is 378 g/mol. The van der Waals surface area contributed by atoms with Crippen LogP contribution < -0.4 is 9.47 Å². The van der Waals surface area contributed by atoms with Gasteiger partial charge in [-0.1, -0.05) is 36.4 Å². The monoisotopic (exact) mass is 405 g/mol. The number of hydrogen-bond donors (Lipinski definition) is 0. The van der Waals surface area contributed by atoms with Gasteiger partial charge in [0.05, 0.1) is 24.7 Å². The van der Waals surface area contributed by atoms with Gasteiger partial charge in [0.25, 0.3) is 0 Å². The van der Waals surface area contributed by atoms with Gasteiger partial charge in [0, 0.05) is 18.0 Å². The standard InChI is InChI=1S/C25H27NO4/c1-26-13-12-25-11-10-17(16-29-24(27)18-6-4-3-5-7-18)14-21(25)30-23-20(28-2)9-8-19(15-26)22(23)25/h3-11,17,21H,12-16H2,1-2H3/t17-,21?,25-/m0/s1. The molecule has 30 heavy (non-hydrogen) atoms. The van der Waals surface area contributed by atoms with Crippen LogP contribution in [-0.2, 0) is 16.7 Å². The fourth-order valence-corrected chi connectivity index (χ4v) is 5.12. The number of ether oxygens (including phenoxy) is 3. The van der Waals surface area contributed by atoms with Crippen molar-refractivity contribution in [2.45, 2.75) is 30.9 Å². The highest BCUT2D eigenvalue weighted by molar-refractivity contribution is 5.89. The molecule has 0 radical (unpaired) electrons. The molecule has 5 heteroatoms. The van der Waals surface area contributed by atoms with E-state index < -0.39 is 0 Å². The van der Waals surface area contributed by atoms with Gasteiger partial charge >= 0.3 is 5.97 Å². The molecule has 0 saturated carbocycles. The summed E-state index contributed by atoms with van der Waals surface area (Å²) in [7, 11) is 3.86. The molecule has 3 aliphatic rings. The Balaban J connectivity index is 1.40. The first kappa shape index (κ1) is 19.2. The summed E-state index contributed by atoms with van der Waals surface area (Å²) in [5.74, 6) is 1.55. The van der Waals surface area contributed by atoms with E-state index in [1.165, 1.54) is 11.1 Å². The molecule has 5 nitrogen and oxygen atoms in total. The fourth-order valence-electron chi connectivity index (χ4n) is 5.12. The van der Waals surface area contributed by atoms with Gasteiger partial charge in [-0.2, -0.15) is 0 Å². The third kappa shape index (κ3) is 3.08. The van der Waals surface area contributed by atoms with E-state index in [1.807, 2.05) is 24.3 Å². The molecule has 0 fully saturated rings. The highest BCUT2D eigenvalue weighted by atomic mass is 16.5. The first-order chi connectivity index (χ1) is 14.6. The Hall–Kier alpha value is -2.79. The molecule has 2 aromatic carbocycles. The number of methoxy groups -OCH3 is 1. The second-order valence-electron chi connectivity index (χ2n) is 8.59. The highest BCUT2D eigenvalue weighted by Gasteiger charge is 2.52. The molecule has 0 aromatic heterocycles. The largest absolute Gasteiger partial charge is 0.493 e. The van der Waals surface area contributed by atoms with Gasteiger partial charge in [0.2, 0.25) is 0 Å². The predicted octanol–water partition coefficient (Wildman–Crippen LogP) is 3.96. The van der Waals surface area contributed by atoms with Gasteiger partial charge < -0.3 is 19.1 Å². The van der Waals surface area contributed by atoms with E-state index in [9.17, 15) is 4.79 Å². The molecule has 1 aliphatic carbocycles. The summed E-state index contributed by atoms with van der Waals surface area (Å²) in [6, 6.07) is 13.3. The van der Waals surface area contributed by atoms with Crippen molar-refractivity contribution in [3.05, 3.63) is 71.3 Å². The number of carbonyl (C=O) groups excluding carboxylic acids is 1. The predicted molar refractivity (Wildman–Crippen MR) is 114 cm³/mol. The van der Waals surface area contributed by atoms with Crippen LogP contribution in [0.5, 0.6) is 11.5 Å². The van der Waals surface area contributed by atoms with Crippen LogP contribution in [0.1, 0.15) is 34.3 Å². The SMILES string of the molecule is COc1ccc2c3c1OC1C[C@@H](COC(=O)c4ccccc4)C=C[C@@]31CCN(C)C2. The Morgan fingerprint density at radius 3 is 2.87 bits per heavy atom. The fraction of sp³-hybridized carbons (Fsp3) is 0.400. The van der Waals surface area contributed by atoms with Crippen LogP contribution in [0.25, 0.3) is 0 Å². The number of carbonyl (C=O) groups is 1. The van der Waals surface area contributed by atoms with E-state index in [4.69, 9.17) is 14.2 Å². The molecule has 156 valence electrons. The molecule has 5 rings (SSSR count). The van der Waals surface area contributed by atoms with Crippen molar-refractivity contribution in [2.24, 2.45) is 5.92 Å². The van der Waals surface area contributed by atoms with Crippen LogP contribution in [0.15, 0.2) is 54.6 Å². The quantitative estimate of drug-likeness (QED) is 0.569. The lowest BCUT2D eigenvalue weighted by Crippen LogP contribution is -2.42. The van der Waals surface area contributed by atoms with Crippen molar-refractivity contribution in [3.8, 4) is 11.5 Å². The summed E-state index contributed by atoms with van der Waals surface area (Å²) in [5, 5.41) is 0. The van der Waals surface area contributed by atoms with E-state index in [0.29, 0.717) is 12.2 Å². The Kier molecular flexibility index (Phi) is 4.78. The first-order valence-corrected chi connectivity index (χ1v) is 10.6. The second kappa shape index (κ2) is 7.47. The maximum atomic E-state index is 12.3. The third-order valence-corrected chi connectivity index (χ3v) is 6.70. The molecule has 3 atom stereocenters. The number of benzene rings is 2.